The molecule has 0 saturated carbocycles. The molecule has 84 valence electrons. The summed E-state index contributed by atoms with van der Waals surface area (Å²) in [5, 5.41) is 0. The van der Waals surface area contributed by atoms with E-state index in [-0.39, 0.29) is 5.54 Å². The summed E-state index contributed by atoms with van der Waals surface area (Å²) < 4.78 is 6.35. The molecule has 0 amide bonds. The Hall–Kier alpha value is -0.680. The smallest absolute Gasteiger partial charge is 0.316 e. The number of nitrogens with zero attached hydrogens (tertiary/aromatic N) is 3. The molecule has 0 bridgehead atoms. The molecule has 0 saturated heterocycles. The summed E-state index contributed by atoms with van der Waals surface area (Å²) in [6.45, 7) is 4.76. The van der Waals surface area contributed by atoms with Crippen LogP contribution in [0.4, 0.5) is 0 Å². The van der Waals surface area contributed by atoms with Crippen LogP contribution in [-0.2, 0) is 0 Å². The fourth-order valence-electron chi connectivity index (χ4n) is 0.745. The van der Waals surface area contributed by atoms with Gasteiger partial charge in [-0.05, 0) is 43.9 Å². The highest BCUT2D eigenvalue weighted by Crippen LogP contribution is 2.13. The van der Waals surface area contributed by atoms with Crippen molar-refractivity contribution in [1.29, 1.82) is 0 Å². The molecule has 4 nitrogen and oxygen atoms in total. The van der Waals surface area contributed by atoms with E-state index in [1.807, 2.05) is 14.1 Å². The van der Waals surface area contributed by atoms with Gasteiger partial charge in [0.2, 0.25) is 0 Å². The highest BCUT2D eigenvalue weighted by atomic mass is 79.9. The van der Waals surface area contributed by atoms with Gasteiger partial charge >= 0.3 is 6.01 Å². The van der Waals surface area contributed by atoms with Crippen LogP contribution in [0.15, 0.2) is 16.9 Å². The fraction of sp³-hybridized carbons (Fsp3) is 0.600. The zero-order chi connectivity index (χ0) is 11.5. The summed E-state index contributed by atoms with van der Waals surface area (Å²) in [5.74, 6) is 0. The first-order valence-corrected chi connectivity index (χ1v) is 5.49. The molecule has 0 unspecified atom stereocenters. The molecule has 0 aliphatic heterocycles. The SMILES string of the molecule is CN(C)C(C)(C)COc1ncc(Br)cn1. The second-order valence-corrected chi connectivity index (χ2v) is 5.10. The van der Waals surface area contributed by atoms with E-state index in [0.29, 0.717) is 12.6 Å². The Bertz CT molecular complexity index is 311. The average Bonchev–Trinajstić information content (AvgIpc) is 2.17. The first-order chi connectivity index (χ1) is 6.92. The minimum atomic E-state index is -0.0313. The van der Waals surface area contributed by atoms with Gasteiger partial charge in [0.15, 0.2) is 0 Å². The quantitative estimate of drug-likeness (QED) is 0.841. The van der Waals surface area contributed by atoms with E-state index in [9.17, 15) is 0 Å². The molecule has 0 aliphatic carbocycles. The topological polar surface area (TPSA) is 38.2 Å². The van der Waals surface area contributed by atoms with Crippen LogP contribution in [0.5, 0.6) is 6.01 Å². The molecule has 1 heterocycles. The second kappa shape index (κ2) is 4.90. The molecule has 0 atom stereocenters. The third-order valence-electron chi connectivity index (χ3n) is 2.36. The molecular formula is C10H16BrN3O. The van der Waals surface area contributed by atoms with E-state index in [2.05, 4.69) is 44.6 Å². The van der Waals surface area contributed by atoms with Gasteiger partial charge in [-0.3, -0.25) is 0 Å². The zero-order valence-corrected chi connectivity index (χ0v) is 11.1. The second-order valence-electron chi connectivity index (χ2n) is 4.18. The largest absolute Gasteiger partial charge is 0.462 e. The molecular weight excluding hydrogens is 258 g/mol. The molecule has 1 rings (SSSR count). The van der Waals surface area contributed by atoms with Crippen molar-refractivity contribution < 1.29 is 4.74 Å². The summed E-state index contributed by atoms with van der Waals surface area (Å²) in [6, 6.07) is 0.410. The summed E-state index contributed by atoms with van der Waals surface area (Å²) in [6.07, 6.45) is 3.34. The molecule has 0 radical (unpaired) electrons. The molecule has 0 aliphatic rings. The molecule has 1 aromatic rings. The Labute approximate surface area is 98.8 Å². The maximum atomic E-state index is 5.50. The van der Waals surface area contributed by atoms with Gasteiger partial charge in [0.1, 0.15) is 6.61 Å². The Morgan fingerprint density at radius 2 is 1.87 bits per heavy atom. The van der Waals surface area contributed by atoms with E-state index in [1.54, 1.807) is 12.4 Å². The van der Waals surface area contributed by atoms with Crippen LogP contribution >= 0.6 is 15.9 Å². The van der Waals surface area contributed by atoms with Crippen LogP contribution in [0, 0.1) is 0 Å². The summed E-state index contributed by atoms with van der Waals surface area (Å²) in [7, 11) is 4.04. The van der Waals surface area contributed by atoms with Crippen molar-refractivity contribution in [2.45, 2.75) is 19.4 Å². The summed E-state index contributed by atoms with van der Waals surface area (Å²) in [4.78, 5) is 10.2. The number of likely N-dealkylation sites (N-methyl/N-ethyl adjacent to an activating group) is 1. The van der Waals surface area contributed by atoms with Crippen molar-refractivity contribution in [3.8, 4) is 6.01 Å². The standard InChI is InChI=1S/C10H16BrN3O/c1-10(2,14(3)4)7-15-9-12-5-8(11)6-13-9/h5-6H,7H2,1-4H3. The Morgan fingerprint density at radius 1 is 1.33 bits per heavy atom. The number of ether oxygens (including phenoxy) is 1. The fourth-order valence-corrected chi connectivity index (χ4v) is 0.950. The number of hydrogen-bond donors (Lipinski definition) is 0. The van der Waals surface area contributed by atoms with Crippen molar-refractivity contribution >= 4 is 15.9 Å². The maximum Gasteiger partial charge on any atom is 0.316 e. The van der Waals surface area contributed by atoms with E-state index in [0.717, 1.165) is 4.47 Å². The third-order valence-corrected chi connectivity index (χ3v) is 2.77. The van der Waals surface area contributed by atoms with Crippen LogP contribution in [0.3, 0.4) is 0 Å². The number of hydrogen-bond acceptors (Lipinski definition) is 4. The Kier molecular flexibility index (Phi) is 4.04. The van der Waals surface area contributed by atoms with Crippen molar-refractivity contribution in [2.24, 2.45) is 0 Å². The van der Waals surface area contributed by atoms with Crippen LogP contribution in [0.1, 0.15) is 13.8 Å². The Balaban J connectivity index is 2.54. The predicted octanol–water partition coefficient (Wildman–Crippen LogP) is 1.96. The average molecular weight is 274 g/mol. The lowest BCUT2D eigenvalue weighted by atomic mass is 10.1. The van der Waals surface area contributed by atoms with Gasteiger partial charge in [0.05, 0.1) is 4.47 Å². The van der Waals surface area contributed by atoms with Crippen LogP contribution in [0.25, 0.3) is 0 Å². The zero-order valence-electron chi connectivity index (χ0n) is 9.49. The van der Waals surface area contributed by atoms with E-state index < -0.39 is 0 Å². The molecule has 1 aromatic heterocycles. The summed E-state index contributed by atoms with van der Waals surface area (Å²) in [5.41, 5.74) is -0.0313. The van der Waals surface area contributed by atoms with E-state index in [4.69, 9.17) is 4.74 Å². The van der Waals surface area contributed by atoms with Crippen molar-refractivity contribution in [3.05, 3.63) is 16.9 Å². The van der Waals surface area contributed by atoms with Crippen molar-refractivity contribution in [3.63, 3.8) is 0 Å². The molecule has 5 heteroatoms. The van der Waals surface area contributed by atoms with Crippen molar-refractivity contribution in [2.75, 3.05) is 20.7 Å². The highest BCUT2D eigenvalue weighted by molar-refractivity contribution is 9.10. The van der Waals surface area contributed by atoms with Gasteiger partial charge in [-0.2, -0.15) is 0 Å². The van der Waals surface area contributed by atoms with Gasteiger partial charge < -0.3 is 9.64 Å². The van der Waals surface area contributed by atoms with Gasteiger partial charge in [0.25, 0.3) is 0 Å². The highest BCUT2D eigenvalue weighted by Gasteiger charge is 2.21. The molecule has 15 heavy (non-hydrogen) atoms. The monoisotopic (exact) mass is 273 g/mol. The number of rotatable bonds is 4. The summed E-state index contributed by atoms with van der Waals surface area (Å²) >= 11 is 3.27. The lowest BCUT2D eigenvalue weighted by Crippen LogP contribution is -2.43. The molecule has 0 N–H and O–H groups in total. The predicted molar refractivity (Wildman–Crippen MR) is 63.0 cm³/mol. The lowest BCUT2D eigenvalue weighted by molar-refractivity contribution is 0.108. The van der Waals surface area contributed by atoms with Gasteiger partial charge in [-0.15, -0.1) is 0 Å². The minimum Gasteiger partial charge on any atom is -0.462 e. The Morgan fingerprint density at radius 3 is 2.33 bits per heavy atom. The molecule has 0 aromatic carbocycles. The maximum absolute atomic E-state index is 5.50. The number of halogens is 1. The first-order valence-electron chi connectivity index (χ1n) is 4.69. The van der Waals surface area contributed by atoms with Gasteiger partial charge in [-0.25, -0.2) is 9.97 Å². The normalized spacial score (nSPS) is 11.9. The van der Waals surface area contributed by atoms with Crippen molar-refractivity contribution in [1.82, 2.24) is 14.9 Å². The van der Waals surface area contributed by atoms with E-state index in [1.165, 1.54) is 0 Å². The third kappa shape index (κ3) is 3.76. The lowest BCUT2D eigenvalue weighted by Gasteiger charge is -2.31. The van der Waals surface area contributed by atoms with Crippen LogP contribution < -0.4 is 4.74 Å². The minimum absolute atomic E-state index is 0.0313. The molecule has 0 spiro atoms. The van der Waals surface area contributed by atoms with Gasteiger partial charge in [-0.1, -0.05) is 0 Å². The van der Waals surface area contributed by atoms with E-state index >= 15 is 0 Å². The number of aromatic nitrogens is 2. The van der Waals surface area contributed by atoms with Gasteiger partial charge in [0, 0.05) is 17.9 Å². The van der Waals surface area contributed by atoms with Crippen LogP contribution in [-0.4, -0.2) is 41.1 Å². The van der Waals surface area contributed by atoms with Crippen LogP contribution in [0.2, 0.25) is 0 Å². The molecule has 0 fully saturated rings. The first kappa shape index (κ1) is 12.4.